The Balaban J connectivity index is 1.86. The summed E-state index contributed by atoms with van der Waals surface area (Å²) in [5, 5.41) is 5.02. The minimum absolute atomic E-state index is 1.02. The topological polar surface area (TPSA) is 6.48 Å². The average molecular weight is 258 g/mol. The molecule has 0 bridgehead atoms. The van der Waals surface area contributed by atoms with E-state index in [1.54, 1.807) is 0 Å². The molecule has 1 heterocycles. The first-order valence-electron chi connectivity index (χ1n) is 7.61. The molecule has 19 heavy (non-hydrogen) atoms. The minimum atomic E-state index is 1.02. The van der Waals surface area contributed by atoms with Gasteiger partial charge < -0.3 is 0 Å². The van der Waals surface area contributed by atoms with E-state index in [2.05, 4.69) is 59.4 Å². The second-order valence-electron chi connectivity index (χ2n) is 5.19. The van der Waals surface area contributed by atoms with Crippen LogP contribution in [0.2, 0.25) is 0 Å². The smallest absolute Gasteiger partial charge is 0.0317 e. The molecule has 2 heteroatoms. The number of hydrogen-bond acceptors (Lipinski definition) is 2. The zero-order valence-corrected chi connectivity index (χ0v) is 12.1. The van der Waals surface area contributed by atoms with Gasteiger partial charge in [-0.25, -0.2) is 10.0 Å². The minimum Gasteiger partial charge on any atom is -0.242 e. The Bertz CT molecular complexity index is 364. The van der Waals surface area contributed by atoms with E-state index in [9.17, 15) is 0 Å². The second-order valence-corrected chi connectivity index (χ2v) is 5.19. The summed E-state index contributed by atoms with van der Waals surface area (Å²) in [5.74, 6) is 0. The monoisotopic (exact) mass is 258 g/mol. The highest BCUT2D eigenvalue weighted by Crippen LogP contribution is 2.12. The third-order valence-corrected chi connectivity index (χ3v) is 3.77. The molecule has 0 amide bonds. The number of hydrazine groups is 1. The van der Waals surface area contributed by atoms with Gasteiger partial charge in [0.15, 0.2) is 0 Å². The van der Waals surface area contributed by atoms with Gasteiger partial charge >= 0.3 is 0 Å². The molecule has 1 aromatic carbocycles. The number of benzene rings is 1. The maximum absolute atomic E-state index is 2.54. The summed E-state index contributed by atoms with van der Waals surface area (Å²) in [4.78, 5) is 0. The number of hydrogen-bond donors (Lipinski definition) is 0. The normalized spacial score (nSPS) is 18.0. The van der Waals surface area contributed by atoms with Crippen molar-refractivity contribution in [3.05, 3.63) is 42.0 Å². The SMILES string of the molecule is CCN(CC=Cc1ccccc1)N1CCCCCC1. The van der Waals surface area contributed by atoms with Gasteiger partial charge in [0.1, 0.15) is 0 Å². The van der Waals surface area contributed by atoms with E-state index in [1.807, 2.05) is 0 Å². The van der Waals surface area contributed by atoms with Crippen LogP contribution >= 0.6 is 0 Å². The fourth-order valence-electron chi connectivity index (χ4n) is 2.66. The van der Waals surface area contributed by atoms with Gasteiger partial charge in [-0.1, -0.05) is 62.2 Å². The molecule has 0 atom stereocenters. The lowest BCUT2D eigenvalue weighted by molar-refractivity contribution is -0.00693. The Morgan fingerprint density at radius 3 is 2.37 bits per heavy atom. The van der Waals surface area contributed by atoms with Crippen LogP contribution in [-0.4, -0.2) is 36.2 Å². The van der Waals surface area contributed by atoms with Crippen LogP contribution in [-0.2, 0) is 0 Å². The molecule has 0 unspecified atom stereocenters. The molecular weight excluding hydrogens is 232 g/mol. The second kappa shape index (κ2) is 8.13. The van der Waals surface area contributed by atoms with E-state index < -0.39 is 0 Å². The molecule has 1 aliphatic rings. The van der Waals surface area contributed by atoms with Gasteiger partial charge in [0.2, 0.25) is 0 Å². The van der Waals surface area contributed by atoms with Gasteiger partial charge in [0.25, 0.3) is 0 Å². The van der Waals surface area contributed by atoms with Gasteiger partial charge in [0, 0.05) is 26.2 Å². The quantitative estimate of drug-likeness (QED) is 0.792. The zero-order valence-electron chi connectivity index (χ0n) is 12.1. The van der Waals surface area contributed by atoms with Crippen molar-refractivity contribution in [3.63, 3.8) is 0 Å². The molecule has 1 aliphatic heterocycles. The Morgan fingerprint density at radius 2 is 1.74 bits per heavy atom. The molecular formula is C17H26N2. The molecule has 2 nitrogen and oxygen atoms in total. The average Bonchev–Trinajstić information content (AvgIpc) is 2.74. The van der Waals surface area contributed by atoms with E-state index in [1.165, 1.54) is 44.3 Å². The van der Waals surface area contributed by atoms with Crippen LogP contribution in [0.5, 0.6) is 0 Å². The number of rotatable bonds is 5. The first kappa shape index (κ1) is 14.3. The summed E-state index contributed by atoms with van der Waals surface area (Å²) in [6, 6.07) is 10.5. The predicted octanol–water partition coefficient (Wildman–Crippen LogP) is 3.81. The third kappa shape index (κ3) is 4.81. The number of nitrogens with zero attached hydrogens (tertiary/aromatic N) is 2. The number of likely N-dealkylation sites (N-methyl/N-ethyl adjacent to an activating group) is 1. The van der Waals surface area contributed by atoms with Crippen molar-refractivity contribution in [1.29, 1.82) is 0 Å². The summed E-state index contributed by atoms with van der Waals surface area (Å²) >= 11 is 0. The molecule has 0 N–H and O–H groups in total. The van der Waals surface area contributed by atoms with Crippen molar-refractivity contribution in [3.8, 4) is 0 Å². The van der Waals surface area contributed by atoms with Crippen LogP contribution < -0.4 is 0 Å². The molecule has 0 aliphatic carbocycles. The molecule has 0 radical (unpaired) electrons. The van der Waals surface area contributed by atoms with Crippen molar-refractivity contribution in [2.45, 2.75) is 32.6 Å². The maximum Gasteiger partial charge on any atom is 0.0317 e. The highest BCUT2D eigenvalue weighted by molar-refractivity contribution is 5.48. The molecule has 1 saturated heterocycles. The fourth-order valence-corrected chi connectivity index (χ4v) is 2.66. The molecule has 0 aromatic heterocycles. The summed E-state index contributed by atoms with van der Waals surface area (Å²) in [6.07, 6.45) is 9.99. The lowest BCUT2D eigenvalue weighted by atomic mass is 10.2. The van der Waals surface area contributed by atoms with E-state index in [4.69, 9.17) is 0 Å². The van der Waals surface area contributed by atoms with E-state index in [0.29, 0.717) is 0 Å². The van der Waals surface area contributed by atoms with E-state index in [-0.39, 0.29) is 0 Å². The van der Waals surface area contributed by atoms with Crippen molar-refractivity contribution in [2.75, 3.05) is 26.2 Å². The molecule has 1 aromatic rings. The molecule has 2 rings (SSSR count). The van der Waals surface area contributed by atoms with Crippen LogP contribution in [0.1, 0.15) is 38.2 Å². The van der Waals surface area contributed by atoms with Crippen LogP contribution in [0.25, 0.3) is 6.08 Å². The van der Waals surface area contributed by atoms with Gasteiger partial charge in [-0.05, 0) is 18.4 Å². The third-order valence-electron chi connectivity index (χ3n) is 3.77. The lowest BCUT2D eigenvalue weighted by Crippen LogP contribution is -2.43. The summed E-state index contributed by atoms with van der Waals surface area (Å²) in [6.45, 7) is 6.83. The van der Waals surface area contributed by atoms with Crippen molar-refractivity contribution < 1.29 is 0 Å². The van der Waals surface area contributed by atoms with Crippen LogP contribution in [0, 0.1) is 0 Å². The highest BCUT2D eigenvalue weighted by Gasteiger charge is 2.14. The summed E-state index contributed by atoms with van der Waals surface area (Å²) in [5.41, 5.74) is 1.29. The van der Waals surface area contributed by atoms with Crippen molar-refractivity contribution in [2.24, 2.45) is 0 Å². The van der Waals surface area contributed by atoms with Gasteiger partial charge in [-0.2, -0.15) is 0 Å². The standard InChI is InChI=1S/C17H26N2/c1-2-18(19-14-8-3-4-9-15-19)16-10-13-17-11-6-5-7-12-17/h5-7,10-13H,2-4,8-9,14-16H2,1H3. The van der Waals surface area contributed by atoms with Crippen LogP contribution in [0.3, 0.4) is 0 Å². The van der Waals surface area contributed by atoms with E-state index in [0.717, 1.165) is 13.1 Å². The largest absolute Gasteiger partial charge is 0.242 e. The Morgan fingerprint density at radius 1 is 1.05 bits per heavy atom. The molecule has 0 saturated carbocycles. The lowest BCUT2D eigenvalue weighted by Gasteiger charge is -2.32. The van der Waals surface area contributed by atoms with Crippen LogP contribution in [0.4, 0.5) is 0 Å². The van der Waals surface area contributed by atoms with E-state index >= 15 is 0 Å². The Labute approximate surface area is 117 Å². The maximum atomic E-state index is 2.54. The summed E-state index contributed by atoms with van der Waals surface area (Å²) in [7, 11) is 0. The van der Waals surface area contributed by atoms with Gasteiger partial charge in [-0.15, -0.1) is 0 Å². The molecule has 0 spiro atoms. The van der Waals surface area contributed by atoms with Gasteiger partial charge in [0.05, 0.1) is 0 Å². The zero-order chi connectivity index (χ0) is 13.3. The Hall–Kier alpha value is -1.12. The molecule has 104 valence electrons. The highest BCUT2D eigenvalue weighted by atomic mass is 15.6. The van der Waals surface area contributed by atoms with Crippen molar-refractivity contribution in [1.82, 2.24) is 10.0 Å². The predicted molar refractivity (Wildman–Crippen MR) is 82.8 cm³/mol. The van der Waals surface area contributed by atoms with Crippen LogP contribution in [0.15, 0.2) is 36.4 Å². The van der Waals surface area contributed by atoms with Gasteiger partial charge in [-0.3, -0.25) is 0 Å². The first-order chi connectivity index (χ1) is 9.40. The molecule has 1 fully saturated rings. The van der Waals surface area contributed by atoms with Crippen molar-refractivity contribution >= 4 is 6.08 Å². The fraction of sp³-hybridized carbons (Fsp3) is 0.529. The first-order valence-corrected chi connectivity index (χ1v) is 7.61. The Kier molecular flexibility index (Phi) is 6.12. The summed E-state index contributed by atoms with van der Waals surface area (Å²) < 4.78 is 0.